The number of hydrogen-bond acceptors (Lipinski definition) is 4. The number of pyridine rings is 1. The summed E-state index contributed by atoms with van der Waals surface area (Å²) < 4.78 is 0. The summed E-state index contributed by atoms with van der Waals surface area (Å²) in [5.74, 6) is 2.93. The third-order valence-corrected chi connectivity index (χ3v) is 6.11. The molecule has 0 bridgehead atoms. The quantitative estimate of drug-likeness (QED) is 0.557. The van der Waals surface area contributed by atoms with Crippen molar-refractivity contribution >= 4 is 11.8 Å². The van der Waals surface area contributed by atoms with E-state index in [0.717, 1.165) is 56.7 Å². The van der Waals surface area contributed by atoms with Crippen molar-refractivity contribution in [3.8, 4) is 0 Å². The number of piperidine rings is 2. The van der Waals surface area contributed by atoms with Crippen molar-refractivity contribution in [2.24, 2.45) is 10.9 Å². The Labute approximate surface area is 170 Å². The summed E-state index contributed by atoms with van der Waals surface area (Å²) in [7, 11) is 0. The molecule has 0 aliphatic carbocycles. The Bertz CT molecular complexity index is 574. The first-order valence-corrected chi connectivity index (χ1v) is 11.2. The lowest BCUT2D eigenvalue weighted by molar-refractivity contribution is 0.188. The molecular formula is C22H38N6. The summed E-state index contributed by atoms with van der Waals surface area (Å²) in [6, 6.07) is 6.63. The van der Waals surface area contributed by atoms with E-state index in [9.17, 15) is 0 Å². The maximum Gasteiger partial charge on any atom is 0.191 e. The second kappa shape index (κ2) is 11.2. The van der Waals surface area contributed by atoms with Crippen molar-refractivity contribution < 1.29 is 0 Å². The molecular weight excluding hydrogens is 348 g/mol. The van der Waals surface area contributed by atoms with E-state index in [0.29, 0.717) is 6.04 Å². The monoisotopic (exact) mass is 386 g/mol. The number of aliphatic imine (C=N–C) groups is 1. The molecule has 156 valence electrons. The van der Waals surface area contributed by atoms with Gasteiger partial charge in [-0.05, 0) is 76.7 Å². The molecule has 0 unspecified atom stereocenters. The molecule has 6 nitrogen and oxygen atoms in total. The van der Waals surface area contributed by atoms with Gasteiger partial charge in [-0.1, -0.05) is 13.0 Å². The van der Waals surface area contributed by atoms with E-state index < -0.39 is 0 Å². The standard InChI is InChI=1S/C22H38N6/c1-3-23-22(25-14-8-19-9-15-27(4-2)16-10-19)26-20-11-17-28(18-12-20)21-7-5-6-13-24-21/h5-7,13,19-20H,3-4,8-12,14-18H2,1-2H3,(H2,23,25,26). The van der Waals surface area contributed by atoms with Gasteiger partial charge in [0.1, 0.15) is 5.82 Å². The van der Waals surface area contributed by atoms with Gasteiger partial charge in [-0.25, -0.2) is 4.98 Å². The van der Waals surface area contributed by atoms with Crippen LogP contribution in [0.1, 0.15) is 46.0 Å². The first-order chi connectivity index (χ1) is 13.8. The van der Waals surface area contributed by atoms with Crippen molar-refractivity contribution in [1.29, 1.82) is 0 Å². The number of anilines is 1. The minimum Gasteiger partial charge on any atom is -0.357 e. The maximum absolute atomic E-state index is 4.87. The van der Waals surface area contributed by atoms with Crippen LogP contribution >= 0.6 is 0 Å². The molecule has 0 radical (unpaired) electrons. The Morgan fingerprint density at radius 3 is 2.54 bits per heavy atom. The summed E-state index contributed by atoms with van der Waals surface area (Å²) in [5, 5.41) is 7.10. The molecule has 3 rings (SSSR count). The van der Waals surface area contributed by atoms with Gasteiger partial charge in [-0.2, -0.15) is 0 Å². The van der Waals surface area contributed by atoms with Crippen molar-refractivity contribution in [3.63, 3.8) is 0 Å². The van der Waals surface area contributed by atoms with Gasteiger partial charge in [-0.3, -0.25) is 4.99 Å². The number of likely N-dealkylation sites (tertiary alicyclic amines) is 1. The van der Waals surface area contributed by atoms with Gasteiger partial charge < -0.3 is 20.4 Å². The summed E-state index contributed by atoms with van der Waals surface area (Å²) in [4.78, 5) is 14.3. The van der Waals surface area contributed by atoms with Crippen LogP contribution < -0.4 is 15.5 Å². The fourth-order valence-electron chi connectivity index (χ4n) is 4.26. The molecule has 2 saturated heterocycles. The van der Waals surface area contributed by atoms with Crippen LogP contribution in [0.5, 0.6) is 0 Å². The highest BCUT2D eigenvalue weighted by Crippen LogP contribution is 2.20. The van der Waals surface area contributed by atoms with Crippen LogP contribution in [0.25, 0.3) is 0 Å². The lowest BCUT2D eigenvalue weighted by Crippen LogP contribution is -2.49. The molecule has 28 heavy (non-hydrogen) atoms. The zero-order valence-corrected chi connectivity index (χ0v) is 17.7. The predicted molar refractivity (Wildman–Crippen MR) is 118 cm³/mol. The van der Waals surface area contributed by atoms with E-state index >= 15 is 0 Å². The van der Waals surface area contributed by atoms with Crippen molar-refractivity contribution in [2.75, 3.05) is 50.7 Å². The topological polar surface area (TPSA) is 55.8 Å². The largest absolute Gasteiger partial charge is 0.357 e. The summed E-state index contributed by atoms with van der Waals surface area (Å²) >= 11 is 0. The van der Waals surface area contributed by atoms with E-state index in [-0.39, 0.29) is 0 Å². The highest BCUT2D eigenvalue weighted by molar-refractivity contribution is 5.80. The lowest BCUT2D eigenvalue weighted by atomic mass is 9.94. The third kappa shape index (κ3) is 6.36. The second-order valence-electron chi connectivity index (χ2n) is 8.02. The fraction of sp³-hybridized carbons (Fsp3) is 0.727. The second-order valence-corrected chi connectivity index (χ2v) is 8.02. The van der Waals surface area contributed by atoms with Crippen molar-refractivity contribution in [3.05, 3.63) is 24.4 Å². The highest BCUT2D eigenvalue weighted by atomic mass is 15.2. The minimum absolute atomic E-state index is 0.491. The molecule has 3 heterocycles. The number of guanidine groups is 1. The van der Waals surface area contributed by atoms with Gasteiger partial charge in [-0.15, -0.1) is 0 Å². The van der Waals surface area contributed by atoms with Gasteiger partial charge in [0.25, 0.3) is 0 Å². The number of nitrogens with one attached hydrogen (secondary N) is 2. The Kier molecular flexibility index (Phi) is 8.40. The van der Waals surface area contributed by atoms with Crippen LogP contribution in [0, 0.1) is 5.92 Å². The molecule has 0 saturated carbocycles. The Morgan fingerprint density at radius 1 is 1.11 bits per heavy atom. The predicted octanol–water partition coefficient (Wildman–Crippen LogP) is 2.73. The minimum atomic E-state index is 0.491. The van der Waals surface area contributed by atoms with Crippen LogP contribution in [-0.4, -0.2) is 67.7 Å². The number of aromatic nitrogens is 1. The summed E-state index contributed by atoms with van der Waals surface area (Å²) in [6.45, 7) is 12.1. The van der Waals surface area contributed by atoms with E-state index in [1.807, 2.05) is 12.3 Å². The Balaban J connectivity index is 1.41. The average molecular weight is 387 g/mol. The molecule has 1 aromatic heterocycles. The molecule has 2 N–H and O–H groups in total. The Hall–Kier alpha value is -1.82. The third-order valence-electron chi connectivity index (χ3n) is 6.11. The molecule has 6 heteroatoms. The molecule has 0 spiro atoms. The first kappa shape index (κ1) is 20.9. The first-order valence-electron chi connectivity index (χ1n) is 11.2. The summed E-state index contributed by atoms with van der Waals surface area (Å²) in [6.07, 6.45) is 8.00. The van der Waals surface area contributed by atoms with Crippen molar-refractivity contribution in [1.82, 2.24) is 20.5 Å². The van der Waals surface area contributed by atoms with E-state index in [2.05, 4.69) is 51.4 Å². The lowest BCUT2D eigenvalue weighted by Gasteiger charge is -2.34. The molecule has 2 fully saturated rings. The SMILES string of the molecule is CCNC(=NCCC1CCN(CC)CC1)NC1CCN(c2ccccn2)CC1. The van der Waals surface area contributed by atoms with Gasteiger partial charge in [0, 0.05) is 38.4 Å². The van der Waals surface area contributed by atoms with E-state index in [1.165, 1.54) is 38.9 Å². The smallest absolute Gasteiger partial charge is 0.191 e. The fourth-order valence-corrected chi connectivity index (χ4v) is 4.26. The molecule has 0 amide bonds. The number of nitrogens with zero attached hydrogens (tertiary/aromatic N) is 4. The Morgan fingerprint density at radius 2 is 1.89 bits per heavy atom. The molecule has 0 atom stereocenters. The van der Waals surface area contributed by atoms with Crippen LogP contribution in [0.4, 0.5) is 5.82 Å². The number of hydrogen-bond donors (Lipinski definition) is 2. The summed E-state index contributed by atoms with van der Waals surface area (Å²) in [5.41, 5.74) is 0. The zero-order valence-electron chi connectivity index (χ0n) is 17.7. The van der Waals surface area contributed by atoms with Gasteiger partial charge in [0.15, 0.2) is 5.96 Å². The van der Waals surface area contributed by atoms with Gasteiger partial charge >= 0.3 is 0 Å². The molecule has 2 aliphatic rings. The van der Waals surface area contributed by atoms with Gasteiger partial charge in [0.05, 0.1) is 0 Å². The van der Waals surface area contributed by atoms with Crippen molar-refractivity contribution in [2.45, 2.75) is 52.0 Å². The maximum atomic E-state index is 4.87. The average Bonchev–Trinajstić information content (AvgIpc) is 2.75. The normalized spacial score (nSPS) is 20.4. The molecule has 2 aliphatic heterocycles. The van der Waals surface area contributed by atoms with Gasteiger partial charge in [0.2, 0.25) is 0 Å². The van der Waals surface area contributed by atoms with Crippen LogP contribution in [0.3, 0.4) is 0 Å². The number of rotatable bonds is 7. The zero-order chi connectivity index (χ0) is 19.6. The van der Waals surface area contributed by atoms with E-state index in [4.69, 9.17) is 4.99 Å². The van der Waals surface area contributed by atoms with Crippen LogP contribution in [-0.2, 0) is 0 Å². The molecule has 0 aromatic carbocycles. The van der Waals surface area contributed by atoms with Crippen LogP contribution in [0.2, 0.25) is 0 Å². The van der Waals surface area contributed by atoms with E-state index in [1.54, 1.807) is 0 Å². The highest BCUT2D eigenvalue weighted by Gasteiger charge is 2.21. The van der Waals surface area contributed by atoms with Crippen LogP contribution in [0.15, 0.2) is 29.4 Å². The molecule has 1 aromatic rings.